The lowest BCUT2D eigenvalue weighted by atomic mass is 10.1. The summed E-state index contributed by atoms with van der Waals surface area (Å²) in [5, 5.41) is 11.0. The average Bonchev–Trinajstić information content (AvgIpc) is 3.34. The van der Waals surface area contributed by atoms with Crippen molar-refractivity contribution in [3.8, 4) is 0 Å². The Hall–Kier alpha value is -2.90. The number of rotatable bonds is 4. The number of nitrogens with one attached hydrogen (secondary N) is 1. The summed E-state index contributed by atoms with van der Waals surface area (Å²) in [6.45, 7) is 1.96. The van der Waals surface area contributed by atoms with E-state index in [1.807, 2.05) is 25.1 Å². The van der Waals surface area contributed by atoms with Crippen LogP contribution in [0.5, 0.6) is 0 Å². The van der Waals surface area contributed by atoms with E-state index < -0.39 is 0 Å². The van der Waals surface area contributed by atoms with Crippen LogP contribution in [0.2, 0.25) is 0 Å². The number of para-hydroxylation sites is 2. The van der Waals surface area contributed by atoms with Gasteiger partial charge in [-0.1, -0.05) is 17.2 Å². The van der Waals surface area contributed by atoms with Gasteiger partial charge >= 0.3 is 6.01 Å². The minimum atomic E-state index is -0.246. The summed E-state index contributed by atoms with van der Waals surface area (Å²) in [7, 11) is 1.75. The normalized spacial score (nSPS) is 19.5. The van der Waals surface area contributed by atoms with E-state index in [4.69, 9.17) is 4.42 Å². The first-order valence-corrected chi connectivity index (χ1v) is 8.78. The summed E-state index contributed by atoms with van der Waals surface area (Å²) >= 11 is 0. The topological polar surface area (TPSA) is 91.6 Å². The lowest BCUT2D eigenvalue weighted by Gasteiger charge is -2.29. The SMILES string of the molecule is CC1CC(=O)Nc2ccccc2N1C(=O)CN(C)c1nnc(C2CC2)o1. The standard InChI is InChI=1S/C18H21N5O3/c1-11-9-15(24)19-13-5-3-4-6-14(13)23(11)16(25)10-22(2)18-21-20-17(26-18)12-7-8-12/h3-6,11-12H,7-10H2,1-2H3,(H,19,24). The summed E-state index contributed by atoms with van der Waals surface area (Å²) in [6, 6.07) is 7.42. The molecule has 1 unspecified atom stereocenters. The number of hydrogen-bond donors (Lipinski definition) is 1. The van der Waals surface area contributed by atoms with E-state index in [9.17, 15) is 9.59 Å². The second kappa shape index (κ2) is 6.44. The van der Waals surface area contributed by atoms with Gasteiger partial charge in [0.1, 0.15) is 6.54 Å². The lowest BCUT2D eigenvalue weighted by Crippen LogP contribution is -2.44. The lowest BCUT2D eigenvalue weighted by molar-refractivity contribution is -0.118. The number of aromatic nitrogens is 2. The number of carbonyl (C=O) groups is 2. The first-order valence-electron chi connectivity index (χ1n) is 8.78. The third kappa shape index (κ3) is 3.14. The molecule has 1 saturated carbocycles. The number of carbonyl (C=O) groups excluding carboxylic acids is 2. The quantitative estimate of drug-likeness (QED) is 0.903. The number of hydrogen-bond acceptors (Lipinski definition) is 6. The fourth-order valence-corrected chi connectivity index (χ4v) is 3.19. The van der Waals surface area contributed by atoms with Gasteiger partial charge < -0.3 is 19.5 Å². The molecule has 8 nitrogen and oxygen atoms in total. The van der Waals surface area contributed by atoms with Gasteiger partial charge in [-0.05, 0) is 31.9 Å². The van der Waals surface area contributed by atoms with Gasteiger partial charge in [0.2, 0.25) is 17.7 Å². The molecular formula is C18H21N5O3. The monoisotopic (exact) mass is 355 g/mol. The fourth-order valence-electron chi connectivity index (χ4n) is 3.19. The van der Waals surface area contributed by atoms with Crippen LogP contribution in [0.1, 0.15) is 38.0 Å². The van der Waals surface area contributed by atoms with E-state index in [0.717, 1.165) is 12.8 Å². The summed E-state index contributed by atoms with van der Waals surface area (Å²) in [5.41, 5.74) is 1.35. The highest BCUT2D eigenvalue weighted by molar-refractivity contribution is 6.05. The zero-order chi connectivity index (χ0) is 18.3. The van der Waals surface area contributed by atoms with Crippen molar-refractivity contribution < 1.29 is 14.0 Å². The molecule has 0 spiro atoms. The maximum absolute atomic E-state index is 13.0. The van der Waals surface area contributed by atoms with Crippen molar-refractivity contribution in [1.29, 1.82) is 0 Å². The predicted octanol–water partition coefficient (Wildman–Crippen LogP) is 2.15. The van der Waals surface area contributed by atoms with Crippen molar-refractivity contribution in [2.45, 2.75) is 38.1 Å². The van der Waals surface area contributed by atoms with Crippen LogP contribution in [0.25, 0.3) is 0 Å². The van der Waals surface area contributed by atoms with E-state index in [1.54, 1.807) is 22.9 Å². The van der Waals surface area contributed by atoms with Crippen molar-refractivity contribution in [2.24, 2.45) is 0 Å². The summed E-state index contributed by atoms with van der Waals surface area (Å²) < 4.78 is 5.66. The predicted molar refractivity (Wildman–Crippen MR) is 96.2 cm³/mol. The Labute approximate surface area is 151 Å². The first kappa shape index (κ1) is 16.6. The van der Waals surface area contributed by atoms with Gasteiger partial charge in [0.25, 0.3) is 0 Å². The van der Waals surface area contributed by atoms with Gasteiger partial charge in [-0.25, -0.2) is 0 Å². The van der Waals surface area contributed by atoms with Crippen LogP contribution in [-0.2, 0) is 9.59 Å². The van der Waals surface area contributed by atoms with Crippen LogP contribution >= 0.6 is 0 Å². The van der Waals surface area contributed by atoms with Gasteiger partial charge in [-0.2, -0.15) is 0 Å². The zero-order valence-corrected chi connectivity index (χ0v) is 14.8. The molecule has 0 bridgehead atoms. The van der Waals surface area contributed by atoms with Crippen LogP contribution in [0.3, 0.4) is 0 Å². The van der Waals surface area contributed by atoms with E-state index in [2.05, 4.69) is 15.5 Å². The largest absolute Gasteiger partial charge is 0.408 e. The van der Waals surface area contributed by atoms with Crippen LogP contribution in [-0.4, -0.2) is 41.6 Å². The highest BCUT2D eigenvalue weighted by Gasteiger charge is 2.32. The number of nitrogens with zero attached hydrogens (tertiary/aromatic N) is 4. The highest BCUT2D eigenvalue weighted by Crippen LogP contribution is 2.39. The molecule has 136 valence electrons. The molecule has 2 heterocycles. The third-order valence-electron chi connectivity index (χ3n) is 4.68. The van der Waals surface area contributed by atoms with Gasteiger partial charge in [-0.3, -0.25) is 9.59 Å². The number of fused-ring (bicyclic) bond motifs is 1. The minimum absolute atomic E-state index is 0.0825. The molecule has 4 rings (SSSR count). The molecule has 1 fully saturated rings. The molecule has 2 aromatic rings. The molecule has 0 radical (unpaired) electrons. The molecule has 8 heteroatoms. The van der Waals surface area contributed by atoms with Crippen molar-refractivity contribution in [3.63, 3.8) is 0 Å². The molecule has 1 aromatic heterocycles. The van der Waals surface area contributed by atoms with E-state index in [-0.39, 0.29) is 30.8 Å². The summed E-state index contributed by atoms with van der Waals surface area (Å²) in [6.07, 6.45) is 2.40. The smallest absolute Gasteiger partial charge is 0.318 e. The molecule has 2 aliphatic rings. The number of likely N-dealkylation sites (N-methyl/N-ethyl adjacent to an activating group) is 1. The highest BCUT2D eigenvalue weighted by atomic mass is 16.4. The third-order valence-corrected chi connectivity index (χ3v) is 4.68. The maximum Gasteiger partial charge on any atom is 0.318 e. The molecule has 1 aromatic carbocycles. The van der Waals surface area contributed by atoms with Gasteiger partial charge in [0, 0.05) is 25.4 Å². The van der Waals surface area contributed by atoms with Crippen LogP contribution in [0.4, 0.5) is 17.4 Å². The molecule has 26 heavy (non-hydrogen) atoms. The Morgan fingerprint density at radius 1 is 1.35 bits per heavy atom. The van der Waals surface area contributed by atoms with Crippen molar-refractivity contribution in [2.75, 3.05) is 28.7 Å². The number of amides is 2. The fraction of sp³-hybridized carbons (Fsp3) is 0.444. The Bertz CT molecular complexity index is 845. The molecular weight excluding hydrogens is 334 g/mol. The van der Waals surface area contributed by atoms with Gasteiger partial charge in [0.05, 0.1) is 11.4 Å². The molecule has 1 atom stereocenters. The zero-order valence-electron chi connectivity index (χ0n) is 14.8. The average molecular weight is 355 g/mol. The Balaban J connectivity index is 1.54. The second-order valence-electron chi connectivity index (χ2n) is 6.94. The van der Waals surface area contributed by atoms with E-state index in [0.29, 0.717) is 29.2 Å². The van der Waals surface area contributed by atoms with Crippen molar-refractivity contribution in [1.82, 2.24) is 10.2 Å². The number of anilines is 3. The molecule has 1 N–H and O–H groups in total. The maximum atomic E-state index is 13.0. The van der Waals surface area contributed by atoms with Crippen molar-refractivity contribution >= 4 is 29.2 Å². The minimum Gasteiger partial charge on any atom is -0.408 e. The van der Waals surface area contributed by atoms with Gasteiger partial charge in [-0.15, -0.1) is 5.10 Å². The Kier molecular flexibility index (Phi) is 4.10. The van der Waals surface area contributed by atoms with Crippen LogP contribution in [0, 0.1) is 0 Å². The molecule has 1 aliphatic heterocycles. The first-order chi connectivity index (χ1) is 12.5. The van der Waals surface area contributed by atoms with E-state index in [1.165, 1.54) is 0 Å². The van der Waals surface area contributed by atoms with Crippen LogP contribution < -0.4 is 15.1 Å². The second-order valence-corrected chi connectivity index (χ2v) is 6.94. The molecule has 1 aliphatic carbocycles. The Morgan fingerprint density at radius 3 is 2.88 bits per heavy atom. The molecule has 0 saturated heterocycles. The molecule has 2 amide bonds. The number of benzene rings is 1. The van der Waals surface area contributed by atoms with Crippen molar-refractivity contribution in [3.05, 3.63) is 30.2 Å². The van der Waals surface area contributed by atoms with E-state index >= 15 is 0 Å². The van der Waals surface area contributed by atoms with Crippen LogP contribution in [0.15, 0.2) is 28.7 Å². The summed E-state index contributed by atoms with van der Waals surface area (Å²) in [4.78, 5) is 28.4. The summed E-state index contributed by atoms with van der Waals surface area (Å²) in [5.74, 6) is 0.784. The van der Waals surface area contributed by atoms with Gasteiger partial charge in [0.15, 0.2) is 0 Å². The Morgan fingerprint density at radius 2 is 2.12 bits per heavy atom.